The first-order valence-electron chi connectivity index (χ1n) is 8.17. The van der Waals surface area contributed by atoms with E-state index in [-0.39, 0.29) is 18.0 Å². The lowest BCUT2D eigenvalue weighted by molar-refractivity contribution is -0.123. The Balaban J connectivity index is 2.09. The molecule has 24 heavy (non-hydrogen) atoms. The van der Waals surface area contributed by atoms with E-state index in [1.165, 1.54) is 19.0 Å². The first-order chi connectivity index (χ1) is 11.2. The number of halogens is 1. The van der Waals surface area contributed by atoms with Crippen LogP contribution in [0.1, 0.15) is 37.7 Å². The van der Waals surface area contributed by atoms with Crippen molar-refractivity contribution in [2.45, 2.75) is 44.1 Å². The third kappa shape index (κ3) is 5.57. The van der Waals surface area contributed by atoms with E-state index >= 15 is 0 Å². The molecule has 1 fully saturated rings. The summed E-state index contributed by atoms with van der Waals surface area (Å²) >= 11 is 3.44. The van der Waals surface area contributed by atoms with Crippen LogP contribution in [0.2, 0.25) is 0 Å². The normalized spacial score (nSPS) is 17.7. The SMILES string of the molecule is CN(CC(=O)NC1(Cc2ccc(Br)cc2)CCCCC1)S(C)(=O)=O. The van der Waals surface area contributed by atoms with Crippen molar-refractivity contribution in [3.8, 4) is 0 Å². The maximum absolute atomic E-state index is 12.4. The Kier molecular flexibility index (Phi) is 6.45. The van der Waals surface area contributed by atoms with Gasteiger partial charge < -0.3 is 5.32 Å². The molecule has 2 rings (SSSR count). The molecule has 0 radical (unpaired) electrons. The molecule has 5 nitrogen and oxygen atoms in total. The van der Waals surface area contributed by atoms with Crippen molar-refractivity contribution < 1.29 is 13.2 Å². The van der Waals surface area contributed by atoms with Crippen LogP contribution in [0.3, 0.4) is 0 Å². The molecule has 1 aliphatic rings. The summed E-state index contributed by atoms with van der Waals surface area (Å²) in [6.07, 6.45) is 7.08. The van der Waals surface area contributed by atoms with Crippen molar-refractivity contribution in [1.29, 1.82) is 0 Å². The maximum atomic E-state index is 12.4. The van der Waals surface area contributed by atoms with Crippen molar-refractivity contribution >= 4 is 31.9 Å². The van der Waals surface area contributed by atoms with Gasteiger partial charge in [0, 0.05) is 17.1 Å². The van der Waals surface area contributed by atoms with Crippen molar-refractivity contribution in [2.24, 2.45) is 0 Å². The monoisotopic (exact) mass is 416 g/mol. The molecule has 1 amide bonds. The molecule has 1 aliphatic carbocycles. The van der Waals surface area contributed by atoms with Gasteiger partial charge in [-0.05, 0) is 37.0 Å². The van der Waals surface area contributed by atoms with Crippen LogP contribution < -0.4 is 5.32 Å². The standard InChI is InChI=1S/C17H25BrN2O3S/c1-20(24(2,22)23)13-16(21)19-17(10-4-3-5-11-17)12-14-6-8-15(18)9-7-14/h6-9H,3-5,10-13H2,1-2H3,(H,19,21). The number of rotatable bonds is 6. The van der Waals surface area contributed by atoms with Crippen molar-refractivity contribution in [1.82, 2.24) is 9.62 Å². The van der Waals surface area contributed by atoms with Gasteiger partial charge in [-0.1, -0.05) is 47.3 Å². The third-order valence-electron chi connectivity index (χ3n) is 4.60. The number of likely N-dealkylation sites (N-methyl/N-ethyl adjacent to an activating group) is 1. The van der Waals surface area contributed by atoms with Crippen LogP contribution >= 0.6 is 15.9 Å². The van der Waals surface area contributed by atoms with Gasteiger partial charge in [-0.15, -0.1) is 0 Å². The summed E-state index contributed by atoms with van der Waals surface area (Å²) < 4.78 is 25.1. The number of nitrogens with zero attached hydrogens (tertiary/aromatic N) is 1. The van der Waals surface area contributed by atoms with E-state index in [4.69, 9.17) is 0 Å². The van der Waals surface area contributed by atoms with Crippen LogP contribution in [0.4, 0.5) is 0 Å². The quantitative estimate of drug-likeness (QED) is 0.774. The van der Waals surface area contributed by atoms with Crippen LogP contribution in [-0.4, -0.2) is 44.0 Å². The van der Waals surface area contributed by atoms with E-state index in [1.807, 2.05) is 12.1 Å². The van der Waals surface area contributed by atoms with Gasteiger partial charge in [-0.3, -0.25) is 4.79 Å². The lowest BCUT2D eigenvalue weighted by atomic mass is 9.77. The van der Waals surface area contributed by atoms with E-state index in [0.717, 1.165) is 47.1 Å². The topological polar surface area (TPSA) is 66.5 Å². The number of carbonyl (C=O) groups excluding carboxylic acids is 1. The average molecular weight is 417 g/mol. The van der Waals surface area contributed by atoms with Crippen molar-refractivity contribution in [3.63, 3.8) is 0 Å². The largest absolute Gasteiger partial charge is 0.349 e. The molecule has 0 bridgehead atoms. The highest BCUT2D eigenvalue weighted by molar-refractivity contribution is 9.10. The molecule has 7 heteroatoms. The highest BCUT2D eigenvalue weighted by Gasteiger charge is 2.34. The van der Waals surface area contributed by atoms with Gasteiger partial charge >= 0.3 is 0 Å². The molecule has 0 aromatic heterocycles. The number of sulfonamides is 1. The molecule has 0 aliphatic heterocycles. The van der Waals surface area contributed by atoms with Crippen LogP contribution in [0, 0.1) is 0 Å². The lowest BCUT2D eigenvalue weighted by Gasteiger charge is -2.39. The fraction of sp³-hybridized carbons (Fsp3) is 0.588. The molecule has 0 saturated heterocycles. The zero-order valence-electron chi connectivity index (χ0n) is 14.2. The first kappa shape index (κ1) is 19.4. The number of hydrogen-bond acceptors (Lipinski definition) is 3. The molecule has 1 saturated carbocycles. The number of benzene rings is 1. The van der Waals surface area contributed by atoms with E-state index in [0.29, 0.717) is 0 Å². The number of nitrogens with one attached hydrogen (secondary N) is 1. The predicted octanol–water partition coefficient (Wildman–Crippen LogP) is 2.70. The van der Waals surface area contributed by atoms with Gasteiger partial charge in [0.25, 0.3) is 0 Å². The Labute approximate surface area is 153 Å². The fourth-order valence-corrected chi connectivity index (χ4v) is 3.84. The molecule has 0 unspecified atom stereocenters. The van der Waals surface area contributed by atoms with E-state index in [2.05, 4.69) is 33.4 Å². The van der Waals surface area contributed by atoms with Crippen LogP contribution in [0.15, 0.2) is 28.7 Å². The van der Waals surface area contributed by atoms with E-state index in [9.17, 15) is 13.2 Å². The van der Waals surface area contributed by atoms with Crippen LogP contribution in [-0.2, 0) is 21.2 Å². The Morgan fingerprint density at radius 2 is 1.79 bits per heavy atom. The average Bonchev–Trinajstić information content (AvgIpc) is 2.49. The molecule has 0 atom stereocenters. The van der Waals surface area contributed by atoms with Gasteiger partial charge in [-0.2, -0.15) is 4.31 Å². The summed E-state index contributed by atoms with van der Waals surface area (Å²) in [5, 5.41) is 3.14. The number of amides is 1. The Hall–Kier alpha value is -0.920. The highest BCUT2D eigenvalue weighted by atomic mass is 79.9. The first-order valence-corrected chi connectivity index (χ1v) is 10.8. The summed E-state index contributed by atoms with van der Waals surface area (Å²) in [5.74, 6) is -0.234. The summed E-state index contributed by atoms with van der Waals surface area (Å²) in [5.41, 5.74) is 0.901. The molecule has 1 aromatic carbocycles. The number of hydrogen-bond donors (Lipinski definition) is 1. The molecular weight excluding hydrogens is 392 g/mol. The van der Waals surface area contributed by atoms with E-state index < -0.39 is 10.0 Å². The van der Waals surface area contributed by atoms with Gasteiger partial charge in [0.1, 0.15) is 0 Å². The third-order valence-corrected chi connectivity index (χ3v) is 6.39. The minimum Gasteiger partial charge on any atom is -0.349 e. The molecule has 0 spiro atoms. The zero-order chi connectivity index (χ0) is 17.8. The van der Waals surface area contributed by atoms with Gasteiger partial charge in [0.2, 0.25) is 15.9 Å². The van der Waals surface area contributed by atoms with E-state index in [1.54, 1.807) is 0 Å². The smallest absolute Gasteiger partial charge is 0.235 e. The molecule has 134 valence electrons. The van der Waals surface area contributed by atoms with Gasteiger partial charge in [0.05, 0.1) is 12.8 Å². The van der Waals surface area contributed by atoms with Crippen LogP contribution in [0.25, 0.3) is 0 Å². The second-order valence-electron chi connectivity index (χ2n) is 6.71. The van der Waals surface area contributed by atoms with Crippen molar-refractivity contribution in [3.05, 3.63) is 34.3 Å². The molecule has 1 aromatic rings. The van der Waals surface area contributed by atoms with Crippen molar-refractivity contribution in [2.75, 3.05) is 19.8 Å². The fourth-order valence-electron chi connectivity index (χ4n) is 3.22. The Morgan fingerprint density at radius 1 is 1.21 bits per heavy atom. The number of carbonyl (C=O) groups is 1. The summed E-state index contributed by atoms with van der Waals surface area (Å²) in [6, 6.07) is 8.14. The summed E-state index contributed by atoms with van der Waals surface area (Å²) in [6.45, 7) is -0.138. The van der Waals surface area contributed by atoms with Crippen LogP contribution in [0.5, 0.6) is 0 Å². The second-order valence-corrected chi connectivity index (χ2v) is 9.72. The minimum atomic E-state index is -3.35. The Bertz CT molecular complexity index is 668. The highest BCUT2D eigenvalue weighted by Crippen LogP contribution is 2.31. The molecular formula is C17H25BrN2O3S. The Morgan fingerprint density at radius 3 is 2.33 bits per heavy atom. The molecule has 1 N–H and O–H groups in total. The summed E-state index contributed by atoms with van der Waals surface area (Å²) in [7, 11) is -1.93. The van der Waals surface area contributed by atoms with Gasteiger partial charge in [-0.25, -0.2) is 8.42 Å². The summed E-state index contributed by atoms with van der Waals surface area (Å²) in [4.78, 5) is 12.4. The maximum Gasteiger partial charge on any atom is 0.235 e. The predicted molar refractivity (Wildman–Crippen MR) is 99.3 cm³/mol. The minimum absolute atomic E-state index is 0.138. The van der Waals surface area contributed by atoms with Gasteiger partial charge in [0.15, 0.2) is 0 Å². The zero-order valence-corrected chi connectivity index (χ0v) is 16.6. The second kappa shape index (κ2) is 7.97. The molecule has 0 heterocycles. The lowest BCUT2D eigenvalue weighted by Crippen LogP contribution is -2.53.